The molecule has 0 atom stereocenters. The number of aromatic nitrogens is 2. The average Bonchev–Trinajstić information content (AvgIpc) is 2.75. The van der Waals surface area contributed by atoms with E-state index in [0.29, 0.717) is 6.54 Å². The van der Waals surface area contributed by atoms with Gasteiger partial charge in [0.15, 0.2) is 0 Å². The molecule has 0 aliphatic carbocycles. The van der Waals surface area contributed by atoms with Crippen LogP contribution in [-0.4, -0.2) is 22.2 Å². The Morgan fingerprint density at radius 3 is 2.89 bits per heavy atom. The van der Waals surface area contributed by atoms with Crippen molar-refractivity contribution >= 4 is 5.97 Å². The van der Waals surface area contributed by atoms with Gasteiger partial charge in [-0.25, -0.2) is 13.9 Å². The number of carbonyl (C=O) groups excluding carboxylic acids is 1. The molecule has 0 radical (unpaired) electrons. The van der Waals surface area contributed by atoms with E-state index in [1.54, 1.807) is 12.1 Å². The summed E-state index contributed by atoms with van der Waals surface area (Å²) >= 11 is 0. The van der Waals surface area contributed by atoms with Gasteiger partial charge < -0.3 is 9.84 Å². The molecule has 0 fully saturated rings. The van der Waals surface area contributed by atoms with E-state index in [2.05, 4.69) is 0 Å². The summed E-state index contributed by atoms with van der Waals surface area (Å²) in [6.45, 7) is 0.849. The Labute approximate surface area is 105 Å². The Hall–Kier alpha value is -2.30. The fourth-order valence-corrected chi connectivity index (χ4v) is 1.60. The van der Waals surface area contributed by atoms with Gasteiger partial charge in [-0.05, 0) is 12.1 Å². The molecule has 5 heteroatoms. The van der Waals surface area contributed by atoms with Crippen molar-refractivity contribution < 1.29 is 19.2 Å². The van der Waals surface area contributed by atoms with E-state index in [4.69, 9.17) is 4.74 Å². The summed E-state index contributed by atoms with van der Waals surface area (Å²) in [5.41, 5.74) is 0.190. The number of nitrogens with zero attached hydrogens (tertiary/aromatic N) is 2. The van der Waals surface area contributed by atoms with Crippen LogP contribution < -0.4 is 4.57 Å². The Morgan fingerprint density at radius 2 is 2.22 bits per heavy atom. The maximum Gasteiger partial charge on any atom is 0.342 e. The quantitative estimate of drug-likeness (QED) is 0.644. The molecule has 94 valence electrons. The fourth-order valence-electron chi connectivity index (χ4n) is 1.60. The standard InChI is InChI=1S/C13H14N2O3/c1-14-6-7-15(10-14)8-9-18-13(17)11-4-2-3-5-12(11)16/h2-7,10H,8-9H2,1H3/p+1. The number of phenolic OH excluding ortho intramolecular Hbond substituents is 1. The number of aryl methyl sites for hydroxylation is 1. The van der Waals surface area contributed by atoms with Gasteiger partial charge in [0.25, 0.3) is 0 Å². The first-order valence-corrected chi connectivity index (χ1v) is 5.63. The van der Waals surface area contributed by atoms with Gasteiger partial charge in [-0.2, -0.15) is 0 Å². The van der Waals surface area contributed by atoms with Crippen molar-refractivity contribution in [3.05, 3.63) is 48.5 Å². The summed E-state index contributed by atoms with van der Waals surface area (Å²) in [4.78, 5) is 11.7. The van der Waals surface area contributed by atoms with Gasteiger partial charge in [-0.15, -0.1) is 0 Å². The molecule has 0 saturated heterocycles. The zero-order chi connectivity index (χ0) is 13.0. The fraction of sp³-hybridized carbons (Fsp3) is 0.231. The van der Waals surface area contributed by atoms with Gasteiger partial charge in [0.1, 0.15) is 36.9 Å². The van der Waals surface area contributed by atoms with E-state index in [9.17, 15) is 9.90 Å². The molecule has 0 bridgehead atoms. The highest BCUT2D eigenvalue weighted by Gasteiger charge is 2.11. The minimum atomic E-state index is -0.510. The zero-order valence-electron chi connectivity index (χ0n) is 10.1. The lowest BCUT2D eigenvalue weighted by molar-refractivity contribution is -0.671. The van der Waals surface area contributed by atoms with Crippen LogP contribution in [-0.2, 0) is 18.3 Å². The van der Waals surface area contributed by atoms with Gasteiger partial charge in [-0.1, -0.05) is 12.1 Å². The molecule has 0 aliphatic heterocycles. The number of hydrogen-bond donors (Lipinski definition) is 1. The number of benzene rings is 1. The van der Waals surface area contributed by atoms with E-state index in [0.717, 1.165) is 0 Å². The second-order valence-electron chi connectivity index (χ2n) is 3.97. The zero-order valence-corrected chi connectivity index (χ0v) is 10.1. The van der Waals surface area contributed by atoms with E-state index in [1.165, 1.54) is 12.1 Å². The summed E-state index contributed by atoms with van der Waals surface area (Å²) in [5, 5.41) is 9.49. The van der Waals surface area contributed by atoms with Crippen LogP contribution in [0.4, 0.5) is 0 Å². The molecule has 18 heavy (non-hydrogen) atoms. The minimum absolute atomic E-state index is 0.0603. The highest BCUT2D eigenvalue weighted by molar-refractivity contribution is 5.92. The number of ether oxygens (including phenoxy) is 1. The first kappa shape index (κ1) is 12.2. The minimum Gasteiger partial charge on any atom is -0.507 e. The van der Waals surface area contributed by atoms with Crippen LogP contribution in [0.5, 0.6) is 5.75 Å². The normalized spacial score (nSPS) is 10.3. The van der Waals surface area contributed by atoms with Gasteiger partial charge >= 0.3 is 5.97 Å². The molecule has 0 aliphatic rings. The third-order valence-corrected chi connectivity index (χ3v) is 2.53. The van der Waals surface area contributed by atoms with Gasteiger partial charge in [0.05, 0.1) is 7.05 Å². The largest absolute Gasteiger partial charge is 0.507 e. The van der Waals surface area contributed by atoms with Crippen LogP contribution in [0.3, 0.4) is 0 Å². The monoisotopic (exact) mass is 247 g/mol. The molecule has 5 nitrogen and oxygen atoms in total. The van der Waals surface area contributed by atoms with Crippen molar-refractivity contribution in [1.82, 2.24) is 4.57 Å². The van der Waals surface area contributed by atoms with Crippen LogP contribution in [0.2, 0.25) is 0 Å². The summed E-state index contributed by atoms with van der Waals surface area (Å²) in [5.74, 6) is -0.570. The van der Waals surface area contributed by atoms with Crippen LogP contribution in [0, 0.1) is 0 Å². The predicted molar refractivity (Wildman–Crippen MR) is 64.0 cm³/mol. The highest BCUT2D eigenvalue weighted by Crippen LogP contribution is 2.16. The van der Waals surface area contributed by atoms with Gasteiger partial charge in [0.2, 0.25) is 6.33 Å². The molecule has 0 amide bonds. The van der Waals surface area contributed by atoms with Crippen molar-refractivity contribution in [2.24, 2.45) is 7.05 Å². The molecule has 1 aromatic carbocycles. The van der Waals surface area contributed by atoms with E-state index in [-0.39, 0.29) is 17.9 Å². The third-order valence-electron chi connectivity index (χ3n) is 2.53. The number of para-hydroxylation sites is 1. The summed E-state index contributed by atoms with van der Waals surface area (Å²) < 4.78 is 8.92. The maximum absolute atomic E-state index is 11.7. The van der Waals surface area contributed by atoms with Gasteiger partial charge in [0, 0.05) is 0 Å². The number of rotatable bonds is 4. The SMILES string of the molecule is C[n+]1ccn(CCOC(=O)c2ccccc2O)c1. The first-order chi connectivity index (χ1) is 8.66. The lowest BCUT2D eigenvalue weighted by Crippen LogP contribution is -2.24. The topological polar surface area (TPSA) is 55.3 Å². The molecule has 1 aromatic heterocycles. The maximum atomic E-state index is 11.7. The summed E-state index contributed by atoms with van der Waals surface area (Å²) in [6, 6.07) is 6.34. The van der Waals surface area contributed by atoms with E-state index < -0.39 is 5.97 Å². The Balaban J connectivity index is 1.87. The second kappa shape index (κ2) is 5.35. The number of imidazole rings is 1. The molecule has 0 spiro atoms. The molecular formula is C13H15N2O3+. The molecule has 1 heterocycles. The number of aromatic hydroxyl groups is 1. The second-order valence-corrected chi connectivity index (χ2v) is 3.97. The van der Waals surface area contributed by atoms with Crippen molar-refractivity contribution in [3.8, 4) is 5.75 Å². The van der Waals surface area contributed by atoms with E-state index in [1.807, 2.05) is 34.9 Å². The van der Waals surface area contributed by atoms with Crippen LogP contribution in [0.15, 0.2) is 43.0 Å². The molecule has 0 unspecified atom stereocenters. The van der Waals surface area contributed by atoms with Crippen LogP contribution in [0.25, 0.3) is 0 Å². The van der Waals surface area contributed by atoms with Crippen LogP contribution >= 0.6 is 0 Å². The van der Waals surface area contributed by atoms with Crippen molar-refractivity contribution in [2.75, 3.05) is 6.61 Å². The van der Waals surface area contributed by atoms with Crippen LogP contribution in [0.1, 0.15) is 10.4 Å². The third kappa shape index (κ3) is 2.88. The number of esters is 1. The Kier molecular flexibility index (Phi) is 3.62. The van der Waals surface area contributed by atoms with E-state index >= 15 is 0 Å². The van der Waals surface area contributed by atoms with Crippen molar-refractivity contribution in [1.29, 1.82) is 0 Å². The number of carbonyl (C=O) groups is 1. The highest BCUT2D eigenvalue weighted by atomic mass is 16.5. The molecular weight excluding hydrogens is 232 g/mol. The van der Waals surface area contributed by atoms with Gasteiger partial charge in [-0.3, -0.25) is 0 Å². The number of phenols is 1. The molecule has 2 aromatic rings. The summed E-state index contributed by atoms with van der Waals surface area (Å²) in [7, 11) is 1.92. The molecule has 1 N–H and O–H groups in total. The van der Waals surface area contributed by atoms with Crippen molar-refractivity contribution in [2.45, 2.75) is 6.54 Å². The lowest BCUT2D eigenvalue weighted by Gasteiger charge is -2.04. The summed E-state index contributed by atoms with van der Waals surface area (Å²) in [6.07, 6.45) is 5.70. The predicted octanol–water partition coefficient (Wildman–Crippen LogP) is 0.875. The lowest BCUT2D eigenvalue weighted by atomic mass is 10.2. The number of hydrogen-bond acceptors (Lipinski definition) is 3. The Morgan fingerprint density at radius 1 is 1.44 bits per heavy atom. The molecule has 2 rings (SSSR count). The average molecular weight is 247 g/mol. The molecule has 0 saturated carbocycles. The first-order valence-electron chi connectivity index (χ1n) is 5.63. The Bertz CT molecular complexity index is 549. The van der Waals surface area contributed by atoms with Crippen molar-refractivity contribution in [3.63, 3.8) is 0 Å². The smallest absolute Gasteiger partial charge is 0.342 e.